The van der Waals surface area contributed by atoms with Gasteiger partial charge < -0.3 is 10.1 Å². The van der Waals surface area contributed by atoms with Crippen molar-refractivity contribution in [3.63, 3.8) is 0 Å². The van der Waals surface area contributed by atoms with E-state index in [-0.39, 0.29) is 17.2 Å². The minimum atomic E-state index is -3.45. The second-order valence-electron chi connectivity index (χ2n) is 6.14. The number of nitrogens with one attached hydrogen (secondary N) is 1. The first-order valence-corrected chi connectivity index (χ1v) is 9.96. The van der Waals surface area contributed by atoms with Crippen molar-refractivity contribution in [1.82, 2.24) is 4.31 Å². The zero-order valence-corrected chi connectivity index (χ0v) is 15.5. The molecule has 138 valence electrons. The maximum atomic E-state index is 12.5. The van der Waals surface area contributed by atoms with E-state index in [2.05, 4.69) is 5.32 Å². The Morgan fingerprint density at radius 2 is 1.81 bits per heavy atom. The number of benzene rings is 2. The fraction of sp³-hybridized carbons (Fsp3) is 0.316. The molecule has 0 aliphatic carbocycles. The van der Waals surface area contributed by atoms with Gasteiger partial charge in [0.1, 0.15) is 5.75 Å². The van der Waals surface area contributed by atoms with Crippen LogP contribution in [0.5, 0.6) is 5.75 Å². The SMILES string of the molecule is COc1cccc(NCC(=O)c2ccc(S(=O)(=O)N3CCCC3)cc2)c1. The average Bonchev–Trinajstić information content (AvgIpc) is 3.22. The van der Waals surface area contributed by atoms with Gasteiger partial charge in [0.05, 0.1) is 18.6 Å². The molecule has 0 saturated carbocycles. The molecule has 2 aromatic carbocycles. The molecule has 0 aromatic heterocycles. The molecule has 0 bridgehead atoms. The van der Waals surface area contributed by atoms with Gasteiger partial charge in [-0.05, 0) is 49.2 Å². The molecule has 1 saturated heterocycles. The van der Waals surface area contributed by atoms with Gasteiger partial charge in [-0.15, -0.1) is 0 Å². The Kier molecular flexibility index (Phi) is 5.58. The van der Waals surface area contributed by atoms with Gasteiger partial charge in [-0.25, -0.2) is 8.42 Å². The summed E-state index contributed by atoms with van der Waals surface area (Å²) in [5.41, 5.74) is 1.26. The molecule has 1 heterocycles. The monoisotopic (exact) mass is 374 g/mol. The summed E-state index contributed by atoms with van der Waals surface area (Å²) in [6.45, 7) is 1.24. The third-order valence-electron chi connectivity index (χ3n) is 4.40. The highest BCUT2D eigenvalue weighted by Gasteiger charge is 2.27. The molecule has 6 nitrogen and oxygen atoms in total. The molecule has 0 unspecified atom stereocenters. The van der Waals surface area contributed by atoms with Gasteiger partial charge in [0.25, 0.3) is 0 Å². The van der Waals surface area contributed by atoms with Crippen LogP contribution in [0.3, 0.4) is 0 Å². The Hall–Kier alpha value is -2.38. The topological polar surface area (TPSA) is 75.7 Å². The number of carbonyl (C=O) groups excluding carboxylic acids is 1. The summed E-state index contributed by atoms with van der Waals surface area (Å²) in [5.74, 6) is 0.594. The van der Waals surface area contributed by atoms with Crippen LogP contribution in [-0.4, -0.2) is 45.3 Å². The lowest BCUT2D eigenvalue weighted by Gasteiger charge is -2.15. The fourth-order valence-corrected chi connectivity index (χ4v) is 4.42. The van der Waals surface area contributed by atoms with Crippen LogP contribution in [0.4, 0.5) is 5.69 Å². The van der Waals surface area contributed by atoms with E-state index in [0.29, 0.717) is 24.4 Å². The van der Waals surface area contributed by atoms with Crippen LogP contribution in [0.25, 0.3) is 0 Å². The lowest BCUT2D eigenvalue weighted by atomic mass is 10.1. The first-order chi connectivity index (χ1) is 12.5. The largest absolute Gasteiger partial charge is 0.497 e. The van der Waals surface area contributed by atoms with E-state index in [0.717, 1.165) is 18.5 Å². The third kappa shape index (κ3) is 4.05. The van der Waals surface area contributed by atoms with Gasteiger partial charge in [-0.2, -0.15) is 4.31 Å². The summed E-state index contributed by atoms with van der Waals surface area (Å²) in [5, 5.41) is 3.05. The number of nitrogens with zero attached hydrogens (tertiary/aromatic N) is 1. The number of ketones is 1. The normalized spacial score (nSPS) is 15.0. The number of anilines is 1. The highest BCUT2D eigenvalue weighted by atomic mass is 32.2. The highest BCUT2D eigenvalue weighted by Crippen LogP contribution is 2.21. The van der Waals surface area contributed by atoms with Crippen molar-refractivity contribution in [3.05, 3.63) is 54.1 Å². The molecule has 26 heavy (non-hydrogen) atoms. The summed E-state index contributed by atoms with van der Waals surface area (Å²) in [6.07, 6.45) is 1.79. The number of ether oxygens (including phenoxy) is 1. The van der Waals surface area contributed by atoms with Crippen molar-refractivity contribution in [3.8, 4) is 5.75 Å². The Morgan fingerprint density at radius 1 is 1.12 bits per heavy atom. The van der Waals surface area contributed by atoms with Crippen LogP contribution >= 0.6 is 0 Å². The molecule has 0 atom stereocenters. The number of hydrogen-bond donors (Lipinski definition) is 1. The lowest BCUT2D eigenvalue weighted by Crippen LogP contribution is -2.27. The second kappa shape index (κ2) is 7.88. The van der Waals surface area contributed by atoms with E-state index in [1.54, 1.807) is 25.3 Å². The summed E-state index contributed by atoms with van der Waals surface area (Å²) >= 11 is 0. The van der Waals surface area contributed by atoms with E-state index in [4.69, 9.17) is 4.74 Å². The van der Waals surface area contributed by atoms with Gasteiger partial charge in [-0.1, -0.05) is 6.07 Å². The Bertz CT molecular complexity index is 873. The van der Waals surface area contributed by atoms with Crippen LogP contribution in [0.1, 0.15) is 23.2 Å². The van der Waals surface area contributed by atoms with Crippen LogP contribution in [0, 0.1) is 0 Å². The molecule has 1 aliphatic rings. The van der Waals surface area contributed by atoms with Crippen molar-refractivity contribution in [1.29, 1.82) is 0 Å². The predicted molar refractivity (Wildman–Crippen MR) is 100 cm³/mol. The minimum absolute atomic E-state index is 0.113. The summed E-state index contributed by atoms with van der Waals surface area (Å²) in [4.78, 5) is 12.6. The first kappa shape index (κ1) is 18.4. The molecule has 1 N–H and O–H groups in total. The van der Waals surface area contributed by atoms with Crippen molar-refractivity contribution >= 4 is 21.5 Å². The smallest absolute Gasteiger partial charge is 0.243 e. The zero-order chi connectivity index (χ0) is 18.6. The Labute approximate surface area is 153 Å². The van der Waals surface area contributed by atoms with Crippen LogP contribution in [0.15, 0.2) is 53.4 Å². The van der Waals surface area contributed by atoms with E-state index in [1.165, 1.54) is 16.4 Å². The molecule has 2 aromatic rings. The average molecular weight is 374 g/mol. The zero-order valence-electron chi connectivity index (χ0n) is 14.6. The minimum Gasteiger partial charge on any atom is -0.497 e. The number of rotatable bonds is 7. The van der Waals surface area contributed by atoms with E-state index in [9.17, 15) is 13.2 Å². The second-order valence-corrected chi connectivity index (χ2v) is 8.08. The van der Waals surface area contributed by atoms with Crippen molar-refractivity contribution in [2.45, 2.75) is 17.7 Å². The molecule has 0 spiro atoms. The highest BCUT2D eigenvalue weighted by molar-refractivity contribution is 7.89. The van der Waals surface area contributed by atoms with Crippen LogP contribution < -0.4 is 10.1 Å². The van der Waals surface area contributed by atoms with E-state index < -0.39 is 10.0 Å². The maximum Gasteiger partial charge on any atom is 0.243 e. The maximum absolute atomic E-state index is 12.5. The number of methoxy groups -OCH3 is 1. The van der Waals surface area contributed by atoms with Crippen molar-refractivity contribution < 1.29 is 17.9 Å². The number of Topliss-reactive ketones (excluding diaryl/α,β-unsaturated/α-hetero) is 1. The van der Waals surface area contributed by atoms with Gasteiger partial charge >= 0.3 is 0 Å². The molecule has 1 aliphatic heterocycles. The first-order valence-electron chi connectivity index (χ1n) is 8.52. The lowest BCUT2D eigenvalue weighted by molar-refractivity contribution is 0.101. The van der Waals surface area contributed by atoms with Gasteiger partial charge in [0, 0.05) is 30.4 Å². The predicted octanol–water partition coefficient (Wildman–Crippen LogP) is 2.77. The van der Waals surface area contributed by atoms with Gasteiger partial charge in [0.2, 0.25) is 10.0 Å². The van der Waals surface area contributed by atoms with Crippen LogP contribution in [0.2, 0.25) is 0 Å². The number of carbonyl (C=O) groups is 1. The van der Waals surface area contributed by atoms with Crippen molar-refractivity contribution in [2.24, 2.45) is 0 Å². The molecular formula is C19H22N2O4S. The summed E-state index contributed by atoms with van der Waals surface area (Å²) in [7, 11) is -1.87. The molecule has 1 fully saturated rings. The molecule has 0 amide bonds. The van der Waals surface area contributed by atoms with Crippen molar-refractivity contribution in [2.75, 3.05) is 32.1 Å². The number of hydrogen-bond acceptors (Lipinski definition) is 5. The third-order valence-corrected chi connectivity index (χ3v) is 6.31. The Morgan fingerprint density at radius 3 is 2.46 bits per heavy atom. The van der Waals surface area contributed by atoms with Gasteiger partial charge in [-0.3, -0.25) is 4.79 Å². The summed E-state index contributed by atoms with van der Waals surface area (Å²) in [6, 6.07) is 13.5. The molecule has 3 rings (SSSR count). The fourth-order valence-electron chi connectivity index (χ4n) is 2.91. The molecule has 7 heteroatoms. The standard InChI is InChI=1S/C19H22N2O4S/c1-25-17-6-4-5-16(13-17)20-14-19(22)15-7-9-18(10-8-15)26(23,24)21-11-2-3-12-21/h4-10,13,20H,2-3,11-12,14H2,1H3. The number of sulfonamides is 1. The summed E-state index contributed by atoms with van der Waals surface area (Å²) < 4.78 is 31.6. The quantitative estimate of drug-likeness (QED) is 0.754. The molecular weight excluding hydrogens is 352 g/mol. The van der Waals surface area contributed by atoms with Gasteiger partial charge in [0.15, 0.2) is 5.78 Å². The Balaban J connectivity index is 1.65. The van der Waals surface area contributed by atoms with Crippen LogP contribution in [-0.2, 0) is 10.0 Å². The van der Waals surface area contributed by atoms with E-state index in [1.807, 2.05) is 18.2 Å². The van der Waals surface area contributed by atoms with E-state index >= 15 is 0 Å². The molecule has 0 radical (unpaired) electrons.